The summed E-state index contributed by atoms with van der Waals surface area (Å²) < 4.78 is 0. The first kappa shape index (κ1) is 19.6. The summed E-state index contributed by atoms with van der Waals surface area (Å²) in [5.74, 6) is 1.08. The number of anilines is 1. The lowest BCUT2D eigenvalue weighted by molar-refractivity contribution is -0.139. The Kier molecular flexibility index (Phi) is 6.63. The van der Waals surface area contributed by atoms with Crippen LogP contribution in [0.2, 0.25) is 0 Å². The Morgan fingerprint density at radius 3 is 2.37 bits per heavy atom. The maximum Gasteiger partial charge on any atom is 0.245 e. The zero-order valence-corrected chi connectivity index (χ0v) is 16.4. The van der Waals surface area contributed by atoms with Gasteiger partial charge in [-0.25, -0.2) is 4.98 Å². The van der Waals surface area contributed by atoms with Crippen LogP contribution in [0.4, 0.5) is 5.82 Å². The van der Waals surface area contributed by atoms with Crippen molar-refractivity contribution in [1.29, 1.82) is 0 Å². The zero-order chi connectivity index (χ0) is 19.2. The van der Waals surface area contributed by atoms with Gasteiger partial charge in [0.15, 0.2) is 0 Å². The van der Waals surface area contributed by atoms with Gasteiger partial charge in [0.1, 0.15) is 11.9 Å². The van der Waals surface area contributed by atoms with Crippen LogP contribution in [0.3, 0.4) is 0 Å². The number of amides is 2. The highest BCUT2D eigenvalue weighted by molar-refractivity contribution is 5.89. The van der Waals surface area contributed by atoms with Crippen LogP contribution in [0.1, 0.15) is 46.0 Å². The molecule has 1 aliphatic carbocycles. The molecule has 148 valence electrons. The molecule has 0 bridgehead atoms. The van der Waals surface area contributed by atoms with Crippen molar-refractivity contribution in [3.63, 3.8) is 0 Å². The highest BCUT2D eigenvalue weighted by atomic mass is 16.2. The summed E-state index contributed by atoms with van der Waals surface area (Å²) in [4.78, 5) is 38.2. The molecule has 1 N–H and O–H groups in total. The molecule has 1 atom stereocenters. The Morgan fingerprint density at radius 1 is 1.07 bits per heavy atom. The Labute approximate surface area is 161 Å². The number of rotatable bonds is 5. The number of nitrogens with zero attached hydrogens (tertiary/aromatic N) is 4. The number of carbonyl (C=O) groups is 2. The lowest BCUT2D eigenvalue weighted by Crippen LogP contribution is -2.57. The van der Waals surface area contributed by atoms with Crippen molar-refractivity contribution < 1.29 is 9.59 Å². The van der Waals surface area contributed by atoms with E-state index in [0.717, 1.165) is 44.6 Å². The molecule has 1 aromatic rings. The number of hydrogen-bond acceptors (Lipinski definition) is 5. The van der Waals surface area contributed by atoms with Crippen molar-refractivity contribution in [2.75, 3.05) is 31.1 Å². The molecule has 1 saturated heterocycles. The third kappa shape index (κ3) is 4.96. The van der Waals surface area contributed by atoms with Gasteiger partial charge < -0.3 is 15.1 Å². The van der Waals surface area contributed by atoms with Crippen LogP contribution in [-0.4, -0.2) is 58.9 Å². The van der Waals surface area contributed by atoms with Gasteiger partial charge in [-0.15, -0.1) is 0 Å². The van der Waals surface area contributed by atoms with Gasteiger partial charge >= 0.3 is 0 Å². The normalized spacial score (nSPS) is 19.8. The van der Waals surface area contributed by atoms with Crippen molar-refractivity contribution in [2.24, 2.45) is 11.8 Å². The number of hydrogen-bond donors (Lipinski definition) is 1. The van der Waals surface area contributed by atoms with Gasteiger partial charge in [-0.2, -0.15) is 0 Å². The second-order valence-electron chi connectivity index (χ2n) is 7.94. The molecule has 0 spiro atoms. The molecule has 2 fully saturated rings. The molecule has 0 unspecified atom stereocenters. The Bertz CT molecular complexity index is 623. The van der Waals surface area contributed by atoms with Crippen LogP contribution >= 0.6 is 0 Å². The maximum absolute atomic E-state index is 13.1. The molecule has 7 nitrogen and oxygen atoms in total. The standard InChI is InChI=1S/C20H31N5O2/c1-15(2)18(23-19(26)16-6-4-3-5-7-16)20(27)25-12-10-24(11-13-25)17-14-21-8-9-22-17/h8-9,14-16,18H,3-7,10-13H2,1-2H3,(H,23,26)/t18-/m1/s1. The molecule has 1 aliphatic heterocycles. The minimum Gasteiger partial charge on any atom is -0.352 e. The average Bonchev–Trinajstić information content (AvgIpc) is 2.72. The first-order valence-corrected chi connectivity index (χ1v) is 10.2. The maximum atomic E-state index is 13.1. The zero-order valence-electron chi connectivity index (χ0n) is 16.4. The van der Waals surface area contributed by atoms with Gasteiger partial charge in [0.05, 0.1) is 6.20 Å². The summed E-state index contributed by atoms with van der Waals surface area (Å²) in [7, 11) is 0. The fraction of sp³-hybridized carbons (Fsp3) is 0.700. The highest BCUT2D eigenvalue weighted by Crippen LogP contribution is 2.24. The molecule has 27 heavy (non-hydrogen) atoms. The second kappa shape index (κ2) is 9.15. The molecule has 2 aliphatic rings. The van der Waals surface area contributed by atoms with Crippen LogP contribution in [0.5, 0.6) is 0 Å². The second-order valence-corrected chi connectivity index (χ2v) is 7.94. The molecular formula is C20H31N5O2. The SMILES string of the molecule is CC(C)[C@@H](NC(=O)C1CCCCC1)C(=O)N1CCN(c2cnccn2)CC1. The van der Waals surface area contributed by atoms with E-state index < -0.39 is 6.04 Å². The van der Waals surface area contributed by atoms with Gasteiger partial charge in [-0.3, -0.25) is 14.6 Å². The van der Waals surface area contributed by atoms with Gasteiger partial charge in [0.2, 0.25) is 11.8 Å². The largest absolute Gasteiger partial charge is 0.352 e. The van der Waals surface area contributed by atoms with Crippen LogP contribution in [0, 0.1) is 11.8 Å². The molecule has 0 radical (unpaired) electrons. The molecule has 0 aromatic carbocycles. The molecular weight excluding hydrogens is 342 g/mol. The first-order valence-electron chi connectivity index (χ1n) is 10.2. The average molecular weight is 374 g/mol. The third-order valence-corrected chi connectivity index (χ3v) is 5.67. The van der Waals surface area contributed by atoms with E-state index in [1.54, 1.807) is 18.6 Å². The fourth-order valence-electron chi connectivity index (χ4n) is 3.96. The summed E-state index contributed by atoms with van der Waals surface area (Å²) in [5, 5.41) is 3.06. The highest BCUT2D eigenvalue weighted by Gasteiger charge is 2.32. The number of carbonyl (C=O) groups excluding carboxylic acids is 2. The van der Waals surface area contributed by atoms with Crippen molar-refractivity contribution in [1.82, 2.24) is 20.2 Å². The van der Waals surface area contributed by atoms with Gasteiger partial charge in [0.25, 0.3) is 0 Å². The van der Waals surface area contributed by atoms with Crippen LogP contribution in [0.15, 0.2) is 18.6 Å². The Balaban J connectivity index is 1.56. The van der Waals surface area contributed by atoms with E-state index in [4.69, 9.17) is 0 Å². The number of piperazine rings is 1. The lowest BCUT2D eigenvalue weighted by Gasteiger charge is -2.38. The van der Waals surface area contributed by atoms with E-state index in [0.29, 0.717) is 13.1 Å². The van der Waals surface area contributed by atoms with Crippen molar-refractivity contribution in [3.05, 3.63) is 18.6 Å². The summed E-state index contributed by atoms with van der Waals surface area (Å²) in [5.41, 5.74) is 0. The number of aromatic nitrogens is 2. The quantitative estimate of drug-likeness (QED) is 0.852. The predicted molar refractivity (Wildman–Crippen MR) is 104 cm³/mol. The summed E-state index contributed by atoms with van der Waals surface area (Å²) in [6.07, 6.45) is 10.4. The molecule has 1 saturated carbocycles. The van der Waals surface area contributed by atoms with Crippen LogP contribution in [-0.2, 0) is 9.59 Å². The van der Waals surface area contributed by atoms with E-state index in [9.17, 15) is 9.59 Å². The summed E-state index contributed by atoms with van der Waals surface area (Å²) in [6, 6.07) is -0.442. The topological polar surface area (TPSA) is 78.4 Å². The fourth-order valence-corrected chi connectivity index (χ4v) is 3.96. The summed E-state index contributed by atoms with van der Waals surface area (Å²) >= 11 is 0. The first-order chi connectivity index (χ1) is 13.1. The van der Waals surface area contributed by atoms with Crippen LogP contribution < -0.4 is 10.2 Å². The van der Waals surface area contributed by atoms with Gasteiger partial charge in [-0.1, -0.05) is 33.1 Å². The smallest absolute Gasteiger partial charge is 0.245 e. The lowest BCUT2D eigenvalue weighted by atomic mass is 9.88. The van der Waals surface area contributed by atoms with Crippen molar-refractivity contribution in [2.45, 2.75) is 52.0 Å². The van der Waals surface area contributed by atoms with E-state index in [1.807, 2.05) is 18.7 Å². The summed E-state index contributed by atoms with van der Waals surface area (Å²) in [6.45, 7) is 6.73. The predicted octanol–water partition coefficient (Wildman–Crippen LogP) is 1.85. The molecule has 1 aromatic heterocycles. The van der Waals surface area contributed by atoms with Gasteiger partial charge in [-0.05, 0) is 18.8 Å². The molecule has 7 heteroatoms. The van der Waals surface area contributed by atoms with Crippen molar-refractivity contribution in [3.8, 4) is 0 Å². The van der Waals surface area contributed by atoms with E-state index in [2.05, 4.69) is 20.2 Å². The van der Waals surface area contributed by atoms with Crippen LogP contribution in [0.25, 0.3) is 0 Å². The third-order valence-electron chi connectivity index (χ3n) is 5.67. The minimum atomic E-state index is -0.442. The van der Waals surface area contributed by atoms with Gasteiger partial charge in [0, 0.05) is 44.5 Å². The molecule has 2 heterocycles. The Hall–Kier alpha value is -2.18. The molecule has 3 rings (SSSR count). The van der Waals surface area contributed by atoms with E-state index >= 15 is 0 Å². The minimum absolute atomic E-state index is 0.0351. The van der Waals surface area contributed by atoms with E-state index in [1.165, 1.54) is 6.42 Å². The molecule has 2 amide bonds. The number of nitrogens with one attached hydrogen (secondary N) is 1. The Morgan fingerprint density at radius 2 is 1.78 bits per heavy atom. The van der Waals surface area contributed by atoms with E-state index in [-0.39, 0.29) is 23.7 Å². The van der Waals surface area contributed by atoms with Crippen molar-refractivity contribution >= 4 is 17.6 Å². The monoisotopic (exact) mass is 373 g/mol.